The minimum atomic E-state index is 0.386. The zero-order chi connectivity index (χ0) is 13.0. The highest BCUT2D eigenvalue weighted by molar-refractivity contribution is 6.32. The van der Waals surface area contributed by atoms with E-state index in [0.717, 1.165) is 17.0 Å². The molecule has 1 aromatic carbocycles. The van der Waals surface area contributed by atoms with Gasteiger partial charge in [0.1, 0.15) is 12.4 Å². The number of nitrogens with zero attached hydrogens (tertiary/aromatic N) is 1. The van der Waals surface area contributed by atoms with Crippen LogP contribution in [0.3, 0.4) is 0 Å². The molecule has 0 atom stereocenters. The van der Waals surface area contributed by atoms with Crippen LogP contribution in [0.1, 0.15) is 17.0 Å². The topological polar surface area (TPSA) is 48.1 Å². The highest BCUT2D eigenvalue weighted by Gasteiger charge is 2.03. The molecule has 0 radical (unpaired) electrons. The van der Waals surface area contributed by atoms with E-state index in [-0.39, 0.29) is 0 Å². The Hall–Kier alpha value is -1.58. The largest absolute Gasteiger partial charge is 0.486 e. The summed E-state index contributed by atoms with van der Waals surface area (Å²) in [5, 5.41) is 0.607. The van der Waals surface area contributed by atoms with Crippen LogP contribution in [0, 0.1) is 6.92 Å². The first kappa shape index (κ1) is 12.9. The normalized spacial score (nSPS) is 10.4. The Kier molecular flexibility index (Phi) is 4.18. The van der Waals surface area contributed by atoms with Crippen molar-refractivity contribution in [2.24, 2.45) is 5.73 Å². The first-order valence-electron chi connectivity index (χ1n) is 5.73. The molecule has 2 aromatic rings. The molecule has 2 rings (SSSR count). The lowest BCUT2D eigenvalue weighted by atomic mass is 10.2. The molecule has 0 aliphatic carbocycles. The summed E-state index contributed by atoms with van der Waals surface area (Å²) in [7, 11) is 0. The second kappa shape index (κ2) is 5.85. The number of aromatic nitrogens is 1. The number of halogens is 1. The summed E-state index contributed by atoms with van der Waals surface area (Å²) in [6, 6.07) is 11.4. The number of nitrogens with two attached hydrogens (primary N) is 1. The Morgan fingerprint density at radius 1 is 1.22 bits per heavy atom. The van der Waals surface area contributed by atoms with Gasteiger partial charge in [0.05, 0.1) is 16.4 Å². The zero-order valence-corrected chi connectivity index (χ0v) is 10.9. The number of hydrogen-bond acceptors (Lipinski definition) is 3. The maximum atomic E-state index is 6.06. The number of hydrogen-bond donors (Lipinski definition) is 1. The van der Waals surface area contributed by atoms with Gasteiger partial charge in [0.15, 0.2) is 0 Å². The van der Waals surface area contributed by atoms with Crippen molar-refractivity contribution in [3.63, 3.8) is 0 Å². The predicted molar refractivity (Wildman–Crippen MR) is 72.6 cm³/mol. The molecular formula is C14H15ClN2O. The smallest absolute Gasteiger partial charge is 0.138 e. The highest BCUT2D eigenvalue weighted by atomic mass is 35.5. The Morgan fingerprint density at radius 3 is 2.78 bits per heavy atom. The molecule has 1 heterocycles. The van der Waals surface area contributed by atoms with Crippen molar-refractivity contribution in [2.45, 2.75) is 20.1 Å². The fraction of sp³-hybridized carbons (Fsp3) is 0.214. The molecule has 1 aromatic heterocycles. The van der Waals surface area contributed by atoms with Crippen molar-refractivity contribution in [3.05, 3.63) is 58.4 Å². The van der Waals surface area contributed by atoms with Gasteiger partial charge in [-0.1, -0.05) is 23.7 Å². The maximum Gasteiger partial charge on any atom is 0.138 e. The SMILES string of the molecule is Cc1ccc(Cl)c(OCc2cccc(CN)n2)c1. The van der Waals surface area contributed by atoms with Gasteiger partial charge in [-0.15, -0.1) is 0 Å². The van der Waals surface area contributed by atoms with Crippen molar-refractivity contribution in [1.29, 1.82) is 0 Å². The summed E-state index contributed by atoms with van der Waals surface area (Å²) in [5.41, 5.74) is 8.35. The van der Waals surface area contributed by atoms with E-state index in [0.29, 0.717) is 23.9 Å². The van der Waals surface area contributed by atoms with Crippen LogP contribution in [-0.4, -0.2) is 4.98 Å². The number of ether oxygens (including phenoxy) is 1. The van der Waals surface area contributed by atoms with Crippen LogP contribution in [0.5, 0.6) is 5.75 Å². The van der Waals surface area contributed by atoms with Gasteiger partial charge in [-0.05, 0) is 36.8 Å². The van der Waals surface area contributed by atoms with Crippen LogP contribution in [-0.2, 0) is 13.2 Å². The molecule has 94 valence electrons. The van der Waals surface area contributed by atoms with Crippen LogP contribution in [0.4, 0.5) is 0 Å². The molecule has 0 aliphatic rings. The van der Waals surface area contributed by atoms with Gasteiger partial charge >= 0.3 is 0 Å². The number of pyridine rings is 1. The van der Waals surface area contributed by atoms with Crippen LogP contribution >= 0.6 is 11.6 Å². The molecule has 18 heavy (non-hydrogen) atoms. The lowest BCUT2D eigenvalue weighted by Gasteiger charge is -2.09. The first-order chi connectivity index (χ1) is 8.69. The van der Waals surface area contributed by atoms with E-state index < -0.39 is 0 Å². The minimum absolute atomic E-state index is 0.386. The van der Waals surface area contributed by atoms with Gasteiger partial charge in [0, 0.05) is 6.54 Å². The second-order valence-corrected chi connectivity index (χ2v) is 4.45. The molecule has 4 heteroatoms. The van der Waals surface area contributed by atoms with E-state index in [1.807, 2.05) is 43.3 Å². The van der Waals surface area contributed by atoms with E-state index in [4.69, 9.17) is 22.1 Å². The third-order valence-corrected chi connectivity index (χ3v) is 2.85. The first-order valence-corrected chi connectivity index (χ1v) is 6.10. The van der Waals surface area contributed by atoms with E-state index >= 15 is 0 Å². The third-order valence-electron chi connectivity index (χ3n) is 2.54. The van der Waals surface area contributed by atoms with Crippen molar-refractivity contribution in [3.8, 4) is 5.75 Å². The number of rotatable bonds is 4. The molecular weight excluding hydrogens is 248 g/mol. The van der Waals surface area contributed by atoms with Crippen molar-refractivity contribution in [1.82, 2.24) is 4.98 Å². The molecule has 0 saturated carbocycles. The van der Waals surface area contributed by atoms with E-state index in [1.165, 1.54) is 0 Å². The summed E-state index contributed by atoms with van der Waals surface area (Å²) < 4.78 is 5.67. The molecule has 0 amide bonds. The Bertz CT molecular complexity index is 543. The van der Waals surface area contributed by atoms with Gasteiger partial charge in [-0.25, -0.2) is 0 Å². The number of benzene rings is 1. The third kappa shape index (κ3) is 3.22. The summed E-state index contributed by atoms with van der Waals surface area (Å²) in [4.78, 5) is 4.37. The average molecular weight is 263 g/mol. The van der Waals surface area contributed by atoms with Gasteiger partial charge < -0.3 is 10.5 Å². The van der Waals surface area contributed by atoms with E-state index in [2.05, 4.69) is 4.98 Å². The Morgan fingerprint density at radius 2 is 2.00 bits per heavy atom. The lowest BCUT2D eigenvalue weighted by molar-refractivity contribution is 0.301. The van der Waals surface area contributed by atoms with Gasteiger partial charge in [-0.2, -0.15) is 0 Å². The van der Waals surface area contributed by atoms with Crippen LogP contribution in [0.2, 0.25) is 5.02 Å². The highest BCUT2D eigenvalue weighted by Crippen LogP contribution is 2.25. The molecule has 2 N–H and O–H groups in total. The summed E-state index contributed by atoms with van der Waals surface area (Å²) in [6.45, 7) is 2.81. The van der Waals surface area contributed by atoms with Crippen LogP contribution in [0.15, 0.2) is 36.4 Å². The molecule has 0 fully saturated rings. The molecule has 0 saturated heterocycles. The predicted octanol–water partition coefficient (Wildman–Crippen LogP) is 3.08. The fourth-order valence-electron chi connectivity index (χ4n) is 1.60. The van der Waals surface area contributed by atoms with Crippen LogP contribution in [0.25, 0.3) is 0 Å². The minimum Gasteiger partial charge on any atom is -0.486 e. The van der Waals surface area contributed by atoms with Crippen molar-refractivity contribution in [2.75, 3.05) is 0 Å². The molecule has 0 aliphatic heterocycles. The summed E-state index contributed by atoms with van der Waals surface area (Å²) >= 11 is 6.06. The lowest BCUT2D eigenvalue weighted by Crippen LogP contribution is -2.04. The molecule has 3 nitrogen and oxygen atoms in total. The summed E-state index contributed by atoms with van der Waals surface area (Å²) in [6.07, 6.45) is 0. The van der Waals surface area contributed by atoms with Crippen LogP contribution < -0.4 is 10.5 Å². The second-order valence-electron chi connectivity index (χ2n) is 4.05. The van der Waals surface area contributed by atoms with Crippen molar-refractivity contribution >= 4 is 11.6 Å². The van der Waals surface area contributed by atoms with Gasteiger partial charge in [-0.3, -0.25) is 4.98 Å². The molecule has 0 unspecified atom stereocenters. The van der Waals surface area contributed by atoms with E-state index in [1.54, 1.807) is 0 Å². The fourth-order valence-corrected chi connectivity index (χ4v) is 1.77. The van der Waals surface area contributed by atoms with E-state index in [9.17, 15) is 0 Å². The Labute approximate surface area is 112 Å². The number of aryl methyl sites for hydroxylation is 1. The maximum absolute atomic E-state index is 6.06. The standard InChI is InChI=1S/C14H15ClN2O/c1-10-5-6-13(15)14(7-10)18-9-12-4-2-3-11(8-16)17-12/h2-7H,8-9,16H2,1H3. The molecule has 0 bridgehead atoms. The molecule has 0 spiro atoms. The summed E-state index contributed by atoms with van der Waals surface area (Å²) in [5.74, 6) is 0.677. The van der Waals surface area contributed by atoms with Gasteiger partial charge in [0.25, 0.3) is 0 Å². The monoisotopic (exact) mass is 262 g/mol. The zero-order valence-electron chi connectivity index (χ0n) is 10.2. The van der Waals surface area contributed by atoms with Crippen molar-refractivity contribution < 1.29 is 4.74 Å². The average Bonchev–Trinajstić information content (AvgIpc) is 2.40. The Balaban J connectivity index is 2.08. The quantitative estimate of drug-likeness (QED) is 0.921. The van der Waals surface area contributed by atoms with Gasteiger partial charge in [0.2, 0.25) is 0 Å².